The van der Waals surface area contributed by atoms with Gasteiger partial charge in [-0.25, -0.2) is 9.37 Å². The molecule has 0 radical (unpaired) electrons. The van der Waals surface area contributed by atoms with Gasteiger partial charge in [-0.2, -0.15) is 0 Å². The van der Waals surface area contributed by atoms with Crippen LogP contribution < -0.4 is 5.32 Å². The monoisotopic (exact) mass is 231 g/mol. The molecule has 0 bridgehead atoms. The standard InChI is InChI=1S/C13H14FN3/c1-9-5-11(6-10(2)13(9)14)7-17-12-8-15-3-4-16-12/h3-6,8H,7H2,1-2H3,(H,16,17). The quantitative estimate of drug-likeness (QED) is 0.882. The van der Waals surface area contributed by atoms with Crippen molar-refractivity contribution in [3.8, 4) is 0 Å². The van der Waals surface area contributed by atoms with E-state index in [1.807, 2.05) is 12.1 Å². The Hall–Kier alpha value is -1.97. The number of halogens is 1. The summed E-state index contributed by atoms with van der Waals surface area (Å²) in [6.07, 6.45) is 4.91. The number of aromatic nitrogens is 2. The molecule has 2 rings (SSSR count). The van der Waals surface area contributed by atoms with Crippen LogP contribution in [-0.2, 0) is 6.54 Å². The molecule has 0 unspecified atom stereocenters. The Morgan fingerprint density at radius 1 is 1.18 bits per heavy atom. The van der Waals surface area contributed by atoms with E-state index in [-0.39, 0.29) is 5.82 Å². The van der Waals surface area contributed by atoms with Crippen LogP contribution in [-0.4, -0.2) is 9.97 Å². The van der Waals surface area contributed by atoms with E-state index in [0.29, 0.717) is 23.5 Å². The first-order valence-electron chi connectivity index (χ1n) is 5.42. The fraction of sp³-hybridized carbons (Fsp3) is 0.231. The summed E-state index contributed by atoms with van der Waals surface area (Å²) in [5, 5.41) is 3.14. The van der Waals surface area contributed by atoms with E-state index in [1.165, 1.54) is 0 Å². The molecule has 0 saturated carbocycles. The van der Waals surface area contributed by atoms with Gasteiger partial charge in [0.1, 0.15) is 11.6 Å². The summed E-state index contributed by atoms with van der Waals surface area (Å²) in [6.45, 7) is 4.16. The van der Waals surface area contributed by atoms with Crippen LogP contribution >= 0.6 is 0 Å². The highest BCUT2D eigenvalue weighted by Gasteiger charge is 2.04. The van der Waals surface area contributed by atoms with Gasteiger partial charge in [0.25, 0.3) is 0 Å². The van der Waals surface area contributed by atoms with Crippen molar-refractivity contribution in [2.45, 2.75) is 20.4 Å². The van der Waals surface area contributed by atoms with Crippen LogP contribution in [0.4, 0.5) is 10.2 Å². The summed E-state index contributed by atoms with van der Waals surface area (Å²) in [5.41, 5.74) is 2.37. The summed E-state index contributed by atoms with van der Waals surface area (Å²) in [7, 11) is 0. The molecule has 1 heterocycles. The summed E-state index contributed by atoms with van der Waals surface area (Å²) >= 11 is 0. The third kappa shape index (κ3) is 2.78. The molecule has 0 atom stereocenters. The maximum atomic E-state index is 13.4. The molecular weight excluding hydrogens is 217 g/mol. The maximum absolute atomic E-state index is 13.4. The number of benzene rings is 1. The van der Waals surface area contributed by atoms with Crippen LogP contribution in [0.15, 0.2) is 30.7 Å². The third-order valence-electron chi connectivity index (χ3n) is 2.53. The lowest BCUT2D eigenvalue weighted by atomic mass is 10.1. The summed E-state index contributed by atoms with van der Waals surface area (Å²) in [5.74, 6) is 0.584. The normalized spacial score (nSPS) is 10.3. The van der Waals surface area contributed by atoms with Gasteiger partial charge in [-0.3, -0.25) is 4.98 Å². The average Bonchev–Trinajstić information content (AvgIpc) is 2.34. The Balaban J connectivity index is 2.10. The Bertz CT molecular complexity index is 488. The van der Waals surface area contributed by atoms with Crippen molar-refractivity contribution in [1.82, 2.24) is 9.97 Å². The van der Waals surface area contributed by atoms with Crippen LogP contribution in [0.3, 0.4) is 0 Å². The second-order valence-corrected chi connectivity index (χ2v) is 3.99. The minimum Gasteiger partial charge on any atom is -0.365 e. The largest absolute Gasteiger partial charge is 0.365 e. The topological polar surface area (TPSA) is 37.8 Å². The Morgan fingerprint density at radius 3 is 2.47 bits per heavy atom. The molecule has 0 fully saturated rings. The first-order chi connectivity index (χ1) is 8.16. The van der Waals surface area contributed by atoms with Crippen molar-refractivity contribution >= 4 is 5.82 Å². The van der Waals surface area contributed by atoms with Crippen LogP contribution in [0.1, 0.15) is 16.7 Å². The second kappa shape index (κ2) is 4.91. The van der Waals surface area contributed by atoms with E-state index in [2.05, 4.69) is 15.3 Å². The molecular formula is C13H14FN3. The third-order valence-corrected chi connectivity index (χ3v) is 2.53. The lowest BCUT2D eigenvalue weighted by Crippen LogP contribution is -2.03. The van der Waals surface area contributed by atoms with E-state index in [9.17, 15) is 4.39 Å². The molecule has 1 aromatic carbocycles. The Morgan fingerprint density at radius 2 is 1.88 bits per heavy atom. The van der Waals surface area contributed by atoms with E-state index < -0.39 is 0 Å². The summed E-state index contributed by atoms with van der Waals surface area (Å²) in [4.78, 5) is 8.07. The van der Waals surface area contributed by atoms with Crippen molar-refractivity contribution < 1.29 is 4.39 Å². The van der Waals surface area contributed by atoms with Crippen molar-refractivity contribution in [1.29, 1.82) is 0 Å². The zero-order valence-electron chi connectivity index (χ0n) is 9.87. The van der Waals surface area contributed by atoms with Crippen molar-refractivity contribution in [2.24, 2.45) is 0 Å². The van der Waals surface area contributed by atoms with Crippen LogP contribution in [0.5, 0.6) is 0 Å². The Kier molecular flexibility index (Phi) is 3.32. The highest BCUT2D eigenvalue weighted by atomic mass is 19.1. The molecule has 17 heavy (non-hydrogen) atoms. The Labute approximate surface area is 99.7 Å². The van der Waals surface area contributed by atoms with Crippen LogP contribution in [0, 0.1) is 19.7 Å². The predicted molar refractivity (Wildman–Crippen MR) is 65.2 cm³/mol. The van der Waals surface area contributed by atoms with Crippen molar-refractivity contribution in [3.63, 3.8) is 0 Å². The van der Waals surface area contributed by atoms with Crippen molar-refractivity contribution in [2.75, 3.05) is 5.32 Å². The molecule has 4 heteroatoms. The predicted octanol–water partition coefficient (Wildman–Crippen LogP) is 2.84. The van der Waals surface area contributed by atoms with Gasteiger partial charge in [0.2, 0.25) is 0 Å². The summed E-state index contributed by atoms with van der Waals surface area (Å²) < 4.78 is 13.4. The van der Waals surface area contributed by atoms with Gasteiger partial charge >= 0.3 is 0 Å². The molecule has 0 aliphatic heterocycles. The minimum absolute atomic E-state index is 0.131. The lowest BCUT2D eigenvalue weighted by molar-refractivity contribution is 0.608. The number of rotatable bonds is 3. The second-order valence-electron chi connectivity index (χ2n) is 3.99. The highest BCUT2D eigenvalue weighted by Crippen LogP contribution is 2.15. The van der Waals surface area contributed by atoms with E-state index in [1.54, 1.807) is 32.4 Å². The zero-order chi connectivity index (χ0) is 12.3. The van der Waals surface area contributed by atoms with E-state index >= 15 is 0 Å². The van der Waals surface area contributed by atoms with Gasteiger partial charge in [0.05, 0.1) is 6.20 Å². The highest BCUT2D eigenvalue weighted by molar-refractivity contribution is 5.35. The molecule has 0 aliphatic carbocycles. The number of hydrogen-bond donors (Lipinski definition) is 1. The van der Waals surface area contributed by atoms with Gasteiger partial charge in [-0.05, 0) is 30.5 Å². The SMILES string of the molecule is Cc1cc(CNc2cnccn2)cc(C)c1F. The first-order valence-corrected chi connectivity index (χ1v) is 5.42. The van der Waals surface area contributed by atoms with Gasteiger partial charge in [0, 0.05) is 18.9 Å². The van der Waals surface area contributed by atoms with Crippen LogP contribution in [0.2, 0.25) is 0 Å². The molecule has 2 aromatic rings. The lowest BCUT2D eigenvalue weighted by Gasteiger charge is -2.08. The molecule has 0 aliphatic rings. The van der Waals surface area contributed by atoms with E-state index in [4.69, 9.17) is 0 Å². The van der Waals surface area contributed by atoms with Gasteiger partial charge < -0.3 is 5.32 Å². The van der Waals surface area contributed by atoms with Crippen molar-refractivity contribution in [3.05, 3.63) is 53.2 Å². The molecule has 88 valence electrons. The number of nitrogens with zero attached hydrogens (tertiary/aromatic N) is 2. The molecule has 3 nitrogen and oxygen atoms in total. The molecule has 1 aromatic heterocycles. The number of anilines is 1. The molecule has 0 saturated heterocycles. The number of nitrogens with one attached hydrogen (secondary N) is 1. The van der Waals surface area contributed by atoms with Gasteiger partial charge in [0.15, 0.2) is 0 Å². The number of aryl methyl sites for hydroxylation is 2. The molecule has 0 amide bonds. The fourth-order valence-electron chi connectivity index (χ4n) is 1.72. The molecule has 0 spiro atoms. The average molecular weight is 231 g/mol. The van der Waals surface area contributed by atoms with Gasteiger partial charge in [-0.1, -0.05) is 12.1 Å². The summed E-state index contributed by atoms with van der Waals surface area (Å²) in [6, 6.07) is 3.68. The van der Waals surface area contributed by atoms with Gasteiger partial charge in [-0.15, -0.1) is 0 Å². The maximum Gasteiger partial charge on any atom is 0.144 e. The van der Waals surface area contributed by atoms with E-state index in [0.717, 1.165) is 5.56 Å². The number of hydrogen-bond acceptors (Lipinski definition) is 3. The first kappa shape index (κ1) is 11.5. The van der Waals surface area contributed by atoms with Crippen LogP contribution in [0.25, 0.3) is 0 Å². The minimum atomic E-state index is -0.131. The smallest absolute Gasteiger partial charge is 0.144 e. The molecule has 1 N–H and O–H groups in total. The fourth-order valence-corrected chi connectivity index (χ4v) is 1.72. The zero-order valence-corrected chi connectivity index (χ0v) is 9.87.